The SMILES string of the molecule is CCNC(=O)[C@H](C)NC(=O)COC(=O)C1CCN(C(=O)c2ccc(Cl)cc2)CC1. The van der Waals surface area contributed by atoms with E-state index in [0.717, 1.165) is 0 Å². The highest BCUT2D eigenvalue weighted by molar-refractivity contribution is 6.30. The molecule has 0 saturated carbocycles. The van der Waals surface area contributed by atoms with E-state index in [1.165, 1.54) is 0 Å². The average Bonchev–Trinajstić information content (AvgIpc) is 2.72. The van der Waals surface area contributed by atoms with Crippen LogP contribution in [-0.4, -0.2) is 60.9 Å². The van der Waals surface area contributed by atoms with Crippen molar-refractivity contribution >= 4 is 35.3 Å². The number of nitrogens with one attached hydrogen (secondary N) is 2. The van der Waals surface area contributed by atoms with Gasteiger partial charge in [-0.15, -0.1) is 0 Å². The summed E-state index contributed by atoms with van der Waals surface area (Å²) in [6, 6.07) is 5.97. The molecule has 1 aromatic rings. The Morgan fingerprint density at radius 1 is 1.17 bits per heavy atom. The number of ether oxygens (including phenoxy) is 1. The smallest absolute Gasteiger partial charge is 0.309 e. The number of nitrogens with zero attached hydrogens (tertiary/aromatic N) is 1. The second-order valence-corrected chi connectivity index (χ2v) is 7.30. The molecule has 1 atom stereocenters. The van der Waals surface area contributed by atoms with Crippen LogP contribution in [0.25, 0.3) is 0 Å². The van der Waals surface area contributed by atoms with Gasteiger partial charge in [0.15, 0.2) is 6.61 Å². The molecule has 158 valence electrons. The second-order valence-electron chi connectivity index (χ2n) is 6.86. The monoisotopic (exact) mass is 423 g/mol. The summed E-state index contributed by atoms with van der Waals surface area (Å²) in [5.74, 6) is -1.77. The predicted molar refractivity (Wildman–Crippen MR) is 107 cm³/mol. The number of carbonyl (C=O) groups excluding carboxylic acids is 4. The van der Waals surface area contributed by atoms with E-state index in [-0.39, 0.29) is 17.7 Å². The largest absolute Gasteiger partial charge is 0.455 e. The van der Waals surface area contributed by atoms with Gasteiger partial charge >= 0.3 is 5.97 Å². The van der Waals surface area contributed by atoms with E-state index in [4.69, 9.17) is 16.3 Å². The summed E-state index contributed by atoms with van der Waals surface area (Å²) in [5.41, 5.74) is 0.549. The Morgan fingerprint density at radius 3 is 2.38 bits per heavy atom. The number of halogens is 1. The number of hydrogen-bond acceptors (Lipinski definition) is 5. The van der Waals surface area contributed by atoms with E-state index >= 15 is 0 Å². The van der Waals surface area contributed by atoms with Crippen molar-refractivity contribution in [1.29, 1.82) is 0 Å². The van der Waals surface area contributed by atoms with E-state index in [1.54, 1.807) is 43.0 Å². The fourth-order valence-corrected chi connectivity index (χ4v) is 3.15. The van der Waals surface area contributed by atoms with Gasteiger partial charge in [0.25, 0.3) is 11.8 Å². The lowest BCUT2D eigenvalue weighted by atomic mass is 9.96. The lowest BCUT2D eigenvalue weighted by molar-refractivity contribution is -0.154. The van der Waals surface area contributed by atoms with E-state index < -0.39 is 24.5 Å². The number of hydrogen-bond donors (Lipinski definition) is 2. The van der Waals surface area contributed by atoms with Gasteiger partial charge in [-0.3, -0.25) is 19.2 Å². The zero-order valence-electron chi connectivity index (χ0n) is 16.6. The molecule has 2 rings (SSSR count). The topological polar surface area (TPSA) is 105 Å². The number of carbonyl (C=O) groups is 4. The number of likely N-dealkylation sites (N-methyl/N-ethyl adjacent to an activating group) is 1. The van der Waals surface area contributed by atoms with Crippen molar-refractivity contribution in [1.82, 2.24) is 15.5 Å². The fraction of sp³-hybridized carbons (Fsp3) is 0.500. The first-order valence-electron chi connectivity index (χ1n) is 9.60. The van der Waals surface area contributed by atoms with Crippen molar-refractivity contribution in [3.05, 3.63) is 34.9 Å². The molecule has 1 aromatic carbocycles. The summed E-state index contributed by atoms with van der Waals surface area (Å²) in [6.45, 7) is 4.23. The zero-order valence-corrected chi connectivity index (χ0v) is 17.3. The van der Waals surface area contributed by atoms with Crippen molar-refractivity contribution in [3.8, 4) is 0 Å². The van der Waals surface area contributed by atoms with Crippen LogP contribution >= 0.6 is 11.6 Å². The number of likely N-dealkylation sites (tertiary alicyclic amines) is 1. The van der Waals surface area contributed by atoms with Gasteiger partial charge in [-0.2, -0.15) is 0 Å². The van der Waals surface area contributed by atoms with Crippen LogP contribution in [-0.2, 0) is 19.1 Å². The summed E-state index contributed by atoms with van der Waals surface area (Å²) < 4.78 is 5.08. The number of rotatable bonds is 7. The van der Waals surface area contributed by atoms with Gasteiger partial charge in [-0.1, -0.05) is 11.6 Å². The van der Waals surface area contributed by atoms with Crippen molar-refractivity contribution in [3.63, 3.8) is 0 Å². The molecule has 2 N–H and O–H groups in total. The highest BCUT2D eigenvalue weighted by Gasteiger charge is 2.29. The molecule has 29 heavy (non-hydrogen) atoms. The van der Waals surface area contributed by atoms with E-state index in [0.29, 0.717) is 43.1 Å². The van der Waals surface area contributed by atoms with Gasteiger partial charge in [0.2, 0.25) is 5.91 Å². The summed E-state index contributed by atoms with van der Waals surface area (Å²) in [6.07, 6.45) is 0.935. The van der Waals surface area contributed by atoms with E-state index in [2.05, 4.69) is 10.6 Å². The molecule has 8 nitrogen and oxygen atoms in total. The fourth-order valence-electron chi connectivity index (χ4n) is 3.02. The lowest BCUT2D eigenvalue weighted by Crippen LogP contribution is -2.46. The number of amides is 3. The molecular formula is C20H26ClN3O5. The third-order valence-corrected chi connectivity index (χ3v) is 4.93. The summed E-state index contributed by atoms with van der Waals surface area (Å²) >= 11 is 5.84. The Kier molecular flexibility index (Phi) is 8.45. The first kappa shape index (κ1) is 22.7. The molecule has 1 saturated heterocycles. The van der Waals surface area contributed by atoms with Crippen molar-refractivity contribution in [2.45, 2.75) is 32.7 Å². The molecule has 1 heterocycles. The quantitative estimate of drug-likeness (QED) is 0.644. The molecule has 1 aliphatic rings. The molecule has 1 fully saturated rings. The van der Waals surface area contributed by atoms with Crippen LogP contribution in [0.5, 0.6) is 0 Å². The predicted octanol–water partition coefficient (Wildman–Crippen LogP) is 1.38. The van der Waals surface area contributed by atoms with Crippen LogP contribution in [0, 0.1) is 5.92 Å². The normalized spacial score (nSPS) is 15.3. The zero-order chi connectivity index (χ0) is 21.4. The maximum atomic E-state index is 12.5. The van der Waals surface area contributed by atoms with Gasteiger partial charge in [-0.25, -0.2) is 0 Å². The van der Waals surface area contributed by atoms with Crippen LogP contribution < -0.4 is 10.6 Å². The minimum absolute atomic E-state index is 0.104. The minimum atomic E-state index is -0.705. The molecule has 0 aliphatic carbocycles. The summed E-state index contributed by atoms with van der Waals surface area (Å²) in [4.78, 5) is 49.8. The van der Waals surface area contributed by atoms with E-state index in [1.807, 2.05) is 0 Å². The summed E-state index contributed by atoms with van der Waals surface area (Å²) in [7, 11) is 0. The minimum Gasteiger partial charge on any atom is -0.455 e. The Bertz CT molecular complexity index is 745. The third-order valence-electron chi connectivity index (χ3n) is 4.67. The Hall–Kier alpha value is -2.61. The molecule has 0 radical (unpaired) electrons. The van der Waals surface area contributed by atoms with Crippen LogP contribution in [0.15, 0.2) is 24.3 Å². The molecule has 0 bridgehead atoms. The van der Waals surface area contributed by atoms with Crippen molar-refractivity contribution in [2.24, 2.45) is 5.92 Å². The Balaban J connectivity index is 1.74. The Morgan fingerprint density at radius 2 is 1.79 bits per heavy atom. The van der Waals surface area contributed by atoms with Gasteiger partial charge in [-0.05, 0) is 51.0 Å². The number of esters is 1. The van der Waals surface area contributed by atoms with Gasteiger partial charge < -0.3 is 20.3 Å². The van der Waals surface area contributed by atoms with Crippen LogP contribution in [0.1, 0.15) is 37.0 Å². The number of piperidine rings is 1. The standard InChI is InChI=1S/C20H26ClN3O5/c1-3-22-18(26)13(2)23-17(25)12-29-20(28)15-8-10-24(11-9-15)19(27)14-4-6-16(21)7-5-14/h4-7,13,15H,3,8-12H2,1-2H3,(H,22,26)(H,23,25)/t13-/m0/s1. The molecular weight excluding hydrogens is 398 g/mol. The van der Waals surface area contributed by atoms with E-state index in [9.17, 15) is 19.2 Å². The Labute approximate surface area is 174 Å². The summed E-state index contributed by atoms with van der Waals surface area (Å²) in [5, 5.41) is 5.63. The van der Waals surface area contributed by atoms with Gasteiger partial charge in [0.05, 0.1) is 5.92 Å². The lowest BCUT2D eigenvalue weighted by Gasteiger charge is -2.31. The second kappa shape index (κ2) is 10.8. The molecule has 0 aromatic heterocycles. The first-order valence-corrected chi connectivity index (χ1v) is 9.98. The van der Waals surface area contributed by atoms with Crippen LogP contribution in [0.2, 0.25) is 5.02 Å². The first-order chi connectivity index (χ1) is 13.8. The maximum Gasteiger partial charge on any atom is 0.309 e. The molecule has 0 unspecified atom stereocenters. The highest BCUT2D eigenvalue weighted by atomic mass is 35.5. The number of benzene rings is 1. The maximum absolute atomic E-state index is 12.5. The molecule has 3 amide bonds. The van der Waals surface area contributed by atoms with Crippen molar-refractivity contribution in [2.75, 3.05) is 26.2 Å². The average molecular weight is 424 g/mol. The van der Waals surface area contributed by atoms with Crippen LogP contribution in [0.3, 0.4) is 0 Å². The van der Waals surface area contributed by atoms with Gasteiger partial charge in [0.1, 0.15) is 6.04 Å². The molecule has 1 aliphatic heterocycles. The highest BCUT2D eigenvalue weighted by Crippen LogP contribution is 2.21. The van der Waals surface area contributed by atoms with Gasteiger partial charge in [0, 0.05) is 30.2 Å². The van der Waals surface area contributed by atoms with Crippen LogP contribution in [0.4, 0.5) is 0 Å². The van der Waals surface area contributed by atoms with Crippen molar-refractivity contribution < 1.29 is 23.9 Å². The molecule has 9 heteroatoms. The third kappa shape index (κ3) is 6.74. The molecule has 0 spiro atoms.